The van der Waals surface area contributed by atoms with Gasteiger partial charge in [0.1, 0.15) is 5.82 Å². The third-order valence-corrected chi connectivity index (χ3v) is 4.25. The maximum atomic E-state index is 4.67. The highest BCUT2D eigenvalue weighted by Crippen LogP contribution is 2.22. The van der Waals surface area contributed by atoms with E-state index in [9.17, 15) is 0 Å². The summed E-state index contributed by atoms with van der Waals surface area (Å²) in [5.74, 6) is 1.44. The lowest BCUT2D eigenvalue weighted by Gasteiger charge is -2.14. The minimum atomic E-state index is 0.312. The molecular formula is C21H25N5. The fraction of sp³-hybridized carbons (Fsp3) is 0.286. The van der Waals surface area contributed by atoms with Crippen LogP contribution in [0.25, 0.3) is 11.3 Å². The number of aromatic nitrogens is 3. The van der Waals surface area contributed by atoms with Crippen molar-refractivity contribution in [3.8, 4) is 11.3 Å². The van der Waals surface area contributed by atoms with Crippen LogP contribution in [0.1, 0.15) is 31.4 Å². The summed E-state index contributed by atoms with van der Waals surface area (Å²) in [6.07, 6.45) is 4.56. The number of pyridine rings is 1. The Kier molecular flexibility index (Phi) is 5.79. The molecule has 0 saturated carbocycles. The van der Waals surface area contributed by atoms with E-state index in [0.717, 1.165) is 30.0 Å². The largest absolute Gasteiger partial charge is 0.366 e. The van der Waals surface area contributed by atoms with Crippen LogP contribution < -0.4 is 10.6 Å². The van der Waals surface area contributed by atoms with Crippen molar-refractivity contribution in [1.29, 1.82) is 0 Å². The normalized spacial score (nSPS) is 11.8. The number of nitrogens with zero attached hydrogens (tertiary/aromatic N) is 3. The predicted octanol–water partition coefficient (Wildman–Crippen LogP) is 4.67. The number of rotatable bonds is 7. The third-order valence-electron chi connectivity index (χ3n) is 4.25. The molecule has 0 saturated heterocycles. The van der Waals surface area contributed by atoms with Crippen LogP contribution in [0.2, 0.25) is 0 Å². The maximum Gasteiger partial charge on any atom is 0.225 e. The van der Waals surface area contributed by atoms with E-state index in [-0.39, 0.29) is 0 Å². The van der Waals surface area contributed by atoms with Gasteiger partial charge >= 0.3 is 0 Å². The Balaban J connectivity index is 1.86. The fourth-order valence-corrected chi connectivity index (χ4v) is 2.61. The number of aryl methyl sites for hydroxylation is 1. The zero-order valence-electron chi connectivity index (χ0n) is 15.5. The average molecular weight is 347 g/mol. The van der Waals surface area contributed by atoms with E-state index in [0.29, 0.717) is 12.0 Å². The summed E-state index contributed by atoms with van der Waals surface area (Å²) in [7, 11) is 0. The highest BCUT2D eigenvalue weighted by atomic mass is 15.2. The van der Waals surface area contributed by atoms with Crippen molar-refractivity contribution in [2.45, 2.75) is 39.8 Å². The van der Waals surface area contributed by atoms with Gasteiger partial charge < -0.3 is 10.6 Å². The molecule has 0 aliphatic carbocycles. The van der Waals surface area contributed by atoms with Crippen LogP contribution in [0.4, 0.5) is 11.8 Å². The van der Waals surface area contributed by atoms with E-state index in [4.69, 9.17) is 0 Å². The summed E-state index contributed by atoms with van der Waals surface area (Å²) in [5.41, 5.74) is 4.38. The van der Waals surface area contributed by atoms with Crippen LogP contribution in [-0.4, -0.2) is 21.0 Å². The van der Waals surface area contributed by atoms with Gasteiger partial charge in [-0.1, -0.05) is 36.8 Å². The first kappa shape index (κ1) is 17.9. The van der Waals surface area contributed by atoms with E-state index in [1.54, 1.807) is 12.4 Å². The highest BCUT2D eigenvalue weighted by molar-refractivity contribution is 5.64. The molecule has 134 valence electrons. The Morgan fingerprint density at radius 1 is 1.04 bits per heavy atom. The standard InChI is InChI=1S/C21H25N5/c1-4-16(3)24-21-25-19(18-8-10-22-11-9-18)13-20(26-21)23-14-17-7-5-6-15(2)12-17/h5-13,16H,4,14H2,1-3H3,(H2,23,24,25,26)/t16-/m0/s1. The summed E-state index contributed by atoms with van der Waals surface area (Å²) in [6, 6.07) is 14.7. The minimum absolute atomic E-state index is 0.312. The molecule has 3 aromatic rings. The smallest absolute Gasteiger partial charge is 0.225 e. The van der Waals surface area contributed by atoms with Crippen LogP contribution in [0.15, 0.2) is 54.9 Å². The first-order chi connectivity index (χ1) is 12.6. The van der Waals surface area contributed by atoms with E-state index < -0.39 is 0 Å². The molecule has 26 heavy (non-hydrogen) atoms. The maximum absolute atomic E-state index is 4.67. The van der Waals surface area contributed by atoms with Crippen molar-refractivity contribution in [3.05, 3.63) is 66.0 Å². The molecule has 0 unspecified atom stereocenters. The first-order valence-corrected chi connectivity index (χ1v) is 8.99. The highest BCUT2D eigenvalue weighted by Gasteiger charge is 2.09. The van der Waals surface area contributed by atoms with Crippen molar-refractivity contribution in [1.82, 2.24) is 15.0 Å². The van der Waals surface area contributed by atoms with Gasteiger partial charge in [0.25, 0.3) is 0 Å². The SMILES string of the molecule is CC[C@H](C)Nc1nc(NCc2cccc(C)c2)cc(-c2ccncc2)n1. The van der Waals surface area contributed by atoms with Gasteiger partial charge in [-0.15, -0.1) is 0 Å². The van der Waals surface area contributed by atoms with E-state index in [1.807, 2.05) is 18.2 Å². The Labute approximate surface area is 154 Å². The van der Waals surface area contributed by atoms with Crippen molar-refractivity contribution in [2.75, 3.05) is 10.6 Å². The quantitative estimate of drug-likeness (QED) is 0.650. The second kappa shape index (κ2) is 8.43. The van der Waals surface area contributed by atoms with Gasteiger partial charge in [-0.05, 0) is 38.0 Å². The summed E-state index contributed by atoms with van der Waals surface area (Å²) >= 11 is 0. The Hall–Kier alpha value is -2.95. The molecule has 1 atom stereocenters. The van der Waals surface area contributed by atoms with Crippen molar-refractivity contribution in [2.24, 2.45) is 0 Å². The van der Waals surface area contributed by atoms with E-state index in [2.05, 4.69) is 70.6 Å². The molecule has 0 spiro atoms. The molecule has 5 heteroatoms. The second-order valence-electron chi connectivity index (χ2n) is 6.49. The van der Waals surface area contributed by atoms with Crippen molar-refractivity contribution < 1.29 is 0 Å². The molecule has 2 N–H and O–H groups in total. The summed E-state index contributed by atoms with van der Waals surface area (Å²) < 4.78 is 0. The molecule has 2 aromatic heterocycles. The monoisotopic (exact) mass is 347 g/mol. The predicted molar refractivity (Wildman–Crippen MR) is 107 cm³/mol. The first-order valence-electron chi connectivity index (χ1n) is 8.99. The number of hydrogen-bond acceptors (Lipinski definition) is 5. The van der Waals surface area contributed by atoms with Crippen LogP contribution in [0, 0.1) is 6.92 Å². The van der Waals surface area contributed by atoms with Crippen LogP contribution in [-0.2, 0) is 6.54 Å². The summed E-state index contributed by atoms with van der Waals surface area (Å²) in [4.78, 5) is 13.4. The third kappa shape index (κ3) is 4.79. The van der Waals surface area contributed by atoms with Crippen molar-refractivity contribution in [3.63, 3.8) is 0 Å². The Morgan fingerprint density at radius 3 is 2.58 bits per heavy atom. The zero-order valence-corrected chi connectivity index (χ0v) is 15.5. The van der Waals surface area contributed by atoms with Crippen LogP contribution in [0.5, 0.6) is 0 Å². The fourth-order valence-electron chi connectivity index (χ4n) is 2.61. The molecule has 0 aliphatic heterocycles. The summed E-state index contributed by atoms with van der Waals surface area (Å²) in [6.45, 7) is 7.09. The molecule has 2 heterocycles. The molecule has 5 nitrogen and oxygen atoms in total. The van der Waals surface area contributed by atoms with Gasteiger partial charge in [-0.3, -0.25) is 4.98 Å². The molecule has 0 amide bonds. The number of anilines is 2. The topological polar surface area (TPSA) is 62.7 Å². The van der Waals surface area contributed by atoms with Crippen LogP contribution in [0.3, 0.4) is 0 Å². The van der Waals surface area contributed by atoms with Gasteiger partial charge in [0.05, 0.1) is 5.69 Å². The zero-order chi connectivity index (χ0) is 18.4. The number of benzene rings is 1. The van der Waals surface area contributed by atoms with Gasteiger partial charge in [-0.2, -0.15) is 4.98 Å². The van der Waals surface area contributed by atoms with Gasteiger partial charge in [0.15, 0.2) is 0 Å². The van der Waals surface area contributed by atoms with Gasteiger partial charge in [0, 0.05) is 36.6 Å². The molecule has 0 radical (unpaired) electrons. The van der Waals surface area contributed by atoms with Crippen molar-refractivity contribution >= 4 is 11.8 Å². The molecule has 0 aliphatic rings. The van der Waals surface area contributed by atoms with E-state index >= 15 is 0 Å². The molecule has 0 bridgehead atoms. The molecule has 1 aromatic carbocycles. The molecule has 3 rings (SSSR count). The van der Waals surface area contributed by atoms with E-state index in [1.165, 1.54) is 11.1 Å². The van der Waals surface area contributed by atoms with Gasteiger partial charge in [-0.25, -0.2) is 4.98 Å². The Bertz CT molecular complexity index is 848. The van der Waals surface area contributed by atoms with Crippen LogP contribution >= 0.6 is 0 Å². The molecule has 0 fully saturated rings. The van der Waals surface area contributed by atoms with Gasteiger partial charge in [0.2, 0.25) is 5.95 Å². The number of nitrogens with one attached hydrogen (secondary N) is 2. The second-order valence-corrected chi connectivity index (χ2v) is 6.49. The number of hydrogen-bond donors (Lipinski definition) is 2. The lowest BCUT2D eigenvalue weighted by atomic mass is 10.1. The molecular weight excluding hydrogens is 322 g/mol. The summed E-state index contributed by atoms with van der Waals surface area (Å²) in [5, 5.41) is 6.79. The lowest BCUT2D eigenvalue weighted by Crippen LogP contribution is -2.16. The average Bonchev–Trinajstić information content (AvgIpc) is 2.67. The minimum Gasteiger partial charge on any atom is -0.366 e. The lowest BCUT2D eigenvalue weighted by molar-refractivity contribution is 0.753. The Morgan fingerprint density at radius 2 is 1.85 bits per heavy atom.